The van der Waals surface area contributed by atoms with Gasteiger partial charge in [0, 0.05) is 27.9 Å². The number of ketones is 1. The lowest BCUT2D eigenvalue weighted by atomic mass is 10.2. The van der Waals surface area contributed by atoms with Gasteiger partial charge < -0.3 is 4.74 Å². The summed E-state index contributed by atoms with van der Waals surface area (Å²) in [5.74, 6) is 0.0145. The van der Waals surface area contributed by atoms with Crippen molar-refractivity contribution in [3.8, 4) is 0 Å². The van der Waals surface area contributed by atoms with Crippen LogP contribution in [0.5, 0.6) is 0 Å². The van der Waals surface area contributed by atoms with Gasteiger partial charge in [-0.25, -0.2) is 0 Å². The van der Waals surface area contributed by atoms with Crippen molar-refractivity contribution < 1.29 is 9.53 Å². The normalized spacial score (nSPS) is 10.0. The monoisotopic (exact) mass is 234 g/mol. The Morgan fingerprint density at radius 2 is 2.45 bits per heavy atom. The van der Waals surface area contributed by atoms with E-state index in [0.717, 1.165) is 4.47 Å². The molecule has 0 saturated heterocycles. The lowest BCUT2D eigenvalue weighted by Gasteiger charge is -1.95. The van der Waals surface area contributed by atoms with E-state index in [0.29, 0.717) is 5.56 Å². The predicted octanol–water partition coefficient (Wildman–Crippen LogP) is 2.34. The van der Waals surface area contributed by atoms with Gasteiger partial charge in [-0.05, 0) is 15.9 Å². The summed E-state index contributed by atoms with van der Waals surface area (Å²) in [5.41, 5.74) is 0.705. The van der Waals surface area contributed by atoms with Crippen LogP contribution in [0.4, 0.5) is 0 Å². The molecule has 0 aliphatic rings. The molecule has 0 aromatic carbocycles. The fraction of sp³-hybridized carbons (Fsp3) is 0.286. The van der Waals surface area contributed by atoms with Crippen LogP contribution in [0, 0.1) is 0 Å². The Labute approximate surface area is 77.3 Å². The van der Waals surface area contributed by atoms with E-state index in [1.807, 2.05) is 10.8 Å². The maximum atomic E-state index is 11.2. The van der Waals surface area contributed by atoms with Crippen LogP contribution in [-0.2, 0) is 4.74 Å². The molecule has 1 aromatic rings. The molecule has 0 radical (unpaired) electrons. The summed E-state index contributed by atoms with van der Waals surface area (Å²) in [7, 11) is 1.51. The van der Waals surface area contributed by atoms with Crippen molar-refractivity contribution in [3.63, 3.8) is 0 Å². The molecule has 60 valence electrons. The molecule has 0 fully saturated rings. The van der Waals surface area contributed by atoms with Crippen LogP contribution in [0.2, 0.25) is 0 Å². The number of rotatable bonds is 3. The Morgan fingerprint density at radius 3 is 2.91 bits per heavy atom. The molecule has 4 heteroatoms. The highest BCUT2D eigenvalue weighted by Crippen LogP contribution is 2.21. The maximum Gasteiger partial charge on any atom is 0.190 e. The third-order valence-electron chi connectivity index (χ3n) is 1.19. The average molecular weight is 235 g/mol. The van der Waals surface area contributed by atoms with Crippen LogP contribution in [-0.4, -0.2) is 19.5 Å². The summed E-state index contributed by atoms with van der Waals surface area (Å²) in [6.45, 7) is 0.148. The standard InChI is InChI=1S/C7H7BrO2S/c1-10-2-7(9)5-3-11-4-6(5)8/h3-4H,2H2,1H3. The van der Waals surface area contributed by atoms with E-state index >= 15 is 0 Å². The second kappa shape index (κ2) is 3.99. The van der Waals surface area contributed by atoms with Gasteiger partial charge in [-0.3, -0.25) is 4.79 Å². The van der Waals surface area contributed by atoms with Gasteiger partial charge in [0.25, 0.3) is 0 Å². The number of halogens is 1. The Hall–Kier alpha value is -0.190. The number of Topliss-reactive ketones (excluding diaryl/α,β-unsaturated/α-hetero) is 1. The number of carbonyl (C=O) groups excluding carboxylic acids is 1. The number of hydrogen-bond acceptors (Lipinski definition) is 3. The van der Waals surface area contributed by atoms with Gasteiger partial charge in [0.05, 0.1) is 0 Å². The summed E-state index contributed by atoms with van der Waals surface area (Å²) in [6.07, 6.45) is 0. The first-order valence-electron chi connectivity index (χ1n) is 2.99. The van der Waals surface area contributed by atoms with Crippen LogP contribution in [0.1, 0.15) is 10.4 Å². The Kier molecular flexibility index (Phi) is 3.23. The number of carbonyl (C=O) groups is 1. The maximum absolute atomic E-state index is 11.2. The summed E-state index contributed by atoms with van der Waals surface area (Å²) >= 11 is 4.77. The minimum Gasteiger partial charge on any atom is -0.377 e. The molecule has 0 saturated carbocycles. The molecule has 11 heavy (non-hydrogen) atoms. The Morgan fingerprint density at radius 1 is 1.73 bits per heavy atom. The van der Waals surface area contributed by atoms with Gasteiger partial charge in [-0.2, -0.15) is 11.3 Å². The minimum absolute atomic E-state index is 0.0145. The van der Waals surface area contributed by atoms with Gasteiger partial charge in [-0.1, -0.05) is 0 Å². The summed E-state index contributed by atoms with van der Waals surface area (Å²) in [6, 6.07) is 0. The summed E-state index contributed by atoms with van der Waals surface area (Å²) < 4.78 is 5.57. The van der Waals surface area contributed by atoms with E-state index in [9.17, 15) is 4.79 Å². The second-order valence-electron chi connectivity index (χ2n) is 1.99. The van der Waals surface area contributed by atoms with Crippen molar-refractivity contribution in [1.82, 2.24) is 0 Å². The zero-order valence-electron chi connectivity index (χ0n) is 5.96. The van der Waals surface area contributed by atoms with E-state index in [2.05, 4.69) is 15.9 Å². The molecule has 0 aliphatic carbocycles. The fourth-order valence-corrected chi connectivity index (χ4v) is 2.21. The SMILES string of the molecule is COCC(=O)c1cscc1Br. The quantitative estimate of drug-likeness (QED) is 0.751. The number of hydrogen-bond donors (Lipinski definition) is 0. The molecular formula is C7H7BrO2S. The van der Waals surface area contributed by atoms with Gasteiger partial charge in [0.15, 0.2) is 5.78 Å². The van der Waals surface area contributed by atoms with E-state index < -0.39 is 0 Å². The zero-order chi connectivity index (χ0) is 8.27. The number of thiophene rings is 1. The lowest BCUT2D eigenvalue weighted by molar-refractivity contribution is 0.0848. The molecule has 0 N–H and O–H groups in total. The molecule has 0 bridgehead atoms. The molecule has 1 aromatic heterocycles. The zero-order valence-corrected chi connectivity index (χ0v) is 8.37. The lowest BCUT2D eigenvalue weighted by Crippen LogP contribution is -2.05. The largest absolute Gasteiger partial charge is 0.377 e. The second-order valence-corrected chi connectivity index (χ2v) is 3.59. The van der Waals surface area contributed by atoms with Crippen molar-refractivity contribution in [2.75, 3.05) is 13.7 Å². The third-order valence-corrected chi connectivity index (χ3v) is 2.89. The summed E-state index contributed by atoms with van der Waals surface area (Å²) in [5, 5.41) is 3.69. The van der Waals surface area contributed by atoms with Crippen LogP contribution >= 0.6 is 27.3 Å². The van der Waals surface area contributed by atoms with Gasteiger partial charge >= 0.3 is 0 Å². The highest BCUT2D eigenvalue weighted by atomic mass is 79.9. The number of methoxy groups -OCH3 is 1. The van der Waals surface area contributed by atoms with Crippen molar-refractivity contribution in [2.45, 2.75) is 0 Å². The van der Waals surface area contributed by atoms with Crippen LogP contribution in [0.15, 0.2) is 15.2 Å². The smallest absolute Gasteiger partial charge is 0.190 e. The van der Waals surface area contributed by atoms with Crippen molar-refractivity contribution in [3.05, 3.63) is 20.8 Å². The van der Waals surface area contributed by atoms with E-state index in [4.69, 9.17) is 4.74 Å². The Balaban J connectivity index is 2.76. The van der Waals surface area contributed by atoms with Crippen LogP contribution in [0.25, 0.3) is 0 Å². The molecule has 0 amide bonds. The topological polar surface area (TPSA) is 26.3 Å². The Bertz CT molecular complexity index is 257. The molecule has 1 rings (SSSR count). The van der Waals surface area contributed by atoms with Gasteiger partial charge in [0.2, 0.25) is 0 Å². The minimum atomic E-state index is 0.0145. The van der Waals surface area contributed by atoms with E-state index in [1.54, 1.807) is 0 Å². The molecule has 1 heterocycles. The molecule has 0 unspecified atom stereocenters. The average Bonchev–Trinajstić information content (AvgIpc) is 2.36. The highest BCUT2D eigenvalue weighted by Gasteiger charge is 2.09. The molecule has 0 atom stereocenters. The first kappa shape index (κ1) is 8.90. The van der Waals surface area contributed by atoms with Crippen LogP contribution < -0.4 is 0 Å². The van der Waals surface area contributed by atoms with Crippen molar-refractivity contribution in [2.24, 2.45) is 0 Å². The van der Waals surface area contributed by atoms with Crippen molar-refractivity contribution >= 4 is 33.0 Å². The third kappa shape index (κ3) is 2.12. The van der Waals surface area contributed by atoms with Gasteiger partial charge in [0.1, 0.15) is 6.61 Å². The first-order chi connectivity index (χ1) is 5.25. The predicted molar refractivity (Wildman–Crippen MR) is 48.2 cm³/mol. The fourth-order valence-electron chi connectivity index (χ4n) is 0.689. The van der Waals surface area contributed by atoms with E-state index in [-0.39, 0.29) is 12.4 Å². The molecule has 0 spiro atoms. The van der Waals surface area contributed by atoms with Crippen LogP contribution in [0.3, 0.4) is 0 Å². The highest BCUT2D eigenvalue weighted by molar-refractivity contribution is 9.10. The summed E-state index contributed by atoms with van der Waals surface area (Å²) in [4.78, 5) is 11.2. The van der Waals surface area contributed by atoms with Gasteiger partial charge in [-0.15, -0.1) is 0 Å². The number of ether oxygens (including phenoxy) is 1. The van der Waals surface area contributed by atoms with Crippen molar-refractivity contribution in [1.29, 1.82) is 0 Å². The molecular weight excluding hydrogens is 228 g/mol. The molecule has 0 aliphatic heterocycles. The first-order valence-corrected chi connectivity index (χ1v) is 4.73. The van der Waals surface area contributed by atoms with E-state index in [1.165, 1.54) is 18.4 Å². The molecule has 2 nitrogen and oxygen atoms in total.